The van der Waals surface area contributed by atoms with Crippen LogP contribution in [0.2, 0.25) is 14.4 Å². The average molecular weight is 580 g/mol. The fourth-order valence-electron chi connectivity index (χ4n) is 4.45. The molecule has 4 heterocycles. The molecule has 1 aromatic carbocycles. The third-order valence-corrected chi connectivity index (χ3v) is 8.21. The second-order valence-corrected chi connectivity index (χ2v) is 11.8. The number of rotatable bonds is 7. The Morgan fingerprint density at radius 3 is 2.59 bits per heavy atom. The van der Waals surface area contributed by atoms with Crippen LogP contribution in [0, 0.1) is 0 Å². The van der Waals surface area contributed by atoms with Crippen LogP contribution in [-0.2, 0) is 11.3 Å². The van der Waals surface area contributed by atoms with Crippen molar-refractivity contribution in [2.75, 3.05) is 13.1 Å². The van der Waals surface area contributed by atoms with E-state index < -0.39 is 5.97 Å². The van der Waals surface area contributed by atoms with E-state index in [4.69, 9.17) is 44.1 Å². The van der Waals surface area contributed by atoms with E-state index in [9.17, 15) is 4.79 Å². The molecule has 1 fully saturated rings. The first-order chi connectivity index (χ1) is 17.8. The number of halogens is 3. The summed E-state index contributed by atoms with van der Waals surface area (Å²) < 4.78 is 13.7. The molecule has 0 atom stereocenters. The van der Waals surface area contributed by atoms with Crippen molar-refractivity contribution in [3.8, 4) is 21.8 Å². The molecule has 0 radical (unpaired) electrons. The molecule has 0 unspecified atom stereocenters. The molecule has 3 aromatic heterocycles. The number of hydrogen-bond donors (Lipinski definition) is 0. The second-order valence-electron chi connectivity index (χ2n) is 9.21. The molecular formula is C26H25Cl3N4O3S. The Balaban J connectivity index is 1.43. The van der Waals surface area contributed by atoms with Crippen LogP contribution >= 0.6 is 46.1 Å². The van der Waals surface area contributed by atoms with Gasteiger partial charge in [0.25, 0.3) is 0 Å². The van der Waals surface area contributed by atoms with E-state index in [2.05, 4.69) is 29.0 Å². The summed E-state index contributed by atoms with van der Waals surface area (Å²) >= 11 is 20.1. The maximum atomic E-state index is 13.6. The Hall–Kier alpha value is -2.36. The Kier molecular flexibility index (Phi) is 7.93. The van der Waals surface area contributed by atoms with Crippen molar-refractivity contribution in [1.29, 1.82) is 0 Å². The van der Waals surface area contributed by atoms with Gasteiger partial charge < -0.3 is 14.2 Å². The summed E-state index contributed by atoms with van der Waals surface area (Å²) in [6.45, 7) is 6.34. The Labute approximate surface area is 233 Å². The van der Waals surface area contributed by atoms with Gasteiger partial charge in [0.2, 0.25) is 0 Å². The molecule has 0 N–H and O–H groups in total. The molecular weight excluding hydrogens is 555 g/mol. The highest BCUT2D eigenvalue weighted by Crippen LogP contribution is 2.34. The Bertz CT molecular complexity index is 1410. The summed E-state index contributed by atoms with van der Waals surface area (Å²) in [7, 11) is 0. The number of likely N-dealkylation sites (tertiary alicyclic amines) is 1. The first-order valence-electron chi connectivity index (χ1n) is 12.0. The van der Waals surface area contributed by atoms with Gasteiger partial charge in [0.05, 0.1) is 27.0 Å². The minimum absolute atomic E-state index is 0.165. The molecule has 7 nitrogen and oxygen atoms in total. The van der Waals surface area contributed by atoms with E-state index in [1.54, 1.807) is 35.1 Å². The predicted molar refractivity (Wildman–Crippen MR) is 147 cm³/mol. The van der Waals surface area contributed by atoms with Gasteiger partial charge in [-0.05, 0) is 51.0 Å². The average Bonchev–Trinajstić information content (AvgIpc) is 3.60. The Morgan fingerprint density at radius 2 is 1.92 bits per heavy atom. The van der Waals surface area contributed by atoms with Crippen molar-refractivity contribution in [1.82, 2.24) is 19.8 Å². The van der Waals surface area contributed by atoms with Crippen LogP contribution in [0.5, 0.6) is 0 Å². The topological polar surface area (TPSA) is 73.4 Å². The van der Waals surface area contributed by atoms with Gasteiger partial charge in [-0.15, -0.1) is 11.3 Å². The molecule has 0 spiro atoms. The molecule has 0 amide bonds. The van der Waals surface area contributed by atoms with Crippen molar-refractivity contribution in [2.45, 2.75) is 45.4 Å². The fraction of sp³-hybridized carbons (Fsp3) is 0.346. The van der Waals surface area contributed by atoms with E-state index in [0.717, 1.165) is 30.8 Å². The number of aromatic nitrogens is 3. The molecule has 0 saturated carbocycles. The number of benzene rings is 1. The lowest BCUT2D eigenvalue weighted by Crippen LogP contribution is -2.41. The second kappa shape index (κ2) is 11.2. The number of thiophene rings is 1. The summed E-state index contributed by atoms with van der Waals surface area (Å²) in [4.78, 5) is 16.8. The van der Waals surface area contributed by atoms with Gasteiger partial charge in [0.1, 0.15) is 11.8 Å². The number of piperidine rings is 1. The van der Waals surface area contributed by atoms with Crippen LogP contribution in [-0.4, -0.2) is 51.0 Å². The highest BCUT2D eigenvalue weighted by atomic mass is 35.5. The molecule has 0 bridgehead atoms. The molecule has 37 heavy (non-hydrogen) atoms. The summed E-state index contributed by atoms with van der Waals surface area (Å²) in [5.41, 5.74) is 2.13. The van der Waals surface area contributed by atoms with E-state index in [0.29, 0.717) is 48.7 Å². The zero-order valence-electron chi connectivity index (χ0n) is 20.3. The molecule has 11 heteroatoms. The standard InChI is InChI=1S/C26H25Cl3N4O3S/c1-15(2)32-9-7-18(8-10-32)35-26(34)25-20(19-4-3-16(27)11-21(19)28)13-30-33(25)14-17-12-22(36-31-17)23-5-6-24(29)37-23/h3-6,11-13,15,18H,7-10,14H2,1-2H3. The molecule has 1 saturated heterocycles. The van der Waals surface area contributed by atoms with Crippen LogP contribution in [0.1, 0.15) is 42.9 Å². The summed E-state index contributed by atoms with van der Waals surface area (Å²) in [6, 6.07) is 11.1. The normalized spacial score (nSPS) is 15.0. The first-order valence-corrected chi connectivity index (χ1v) is 13.9. The number of ether oxygens (including phenoxy) is 1. The smallest absolute Gasteiger partial charge is 0.357 e. The number of carbonyl (C=O) groups excluding carboxylic acids is 1. The van der Waals surface area contributed by atoms with Crippen LogP contribution in [0.3, 0.4) is 0 Å². The number of nitrogens with zero attached hydrogens (tertiary/aromatic N) is 4. The monoisotopic (exact) mass is 578 g/mol. The van der Waals surface area contributed by atoms with Gasteiger partial charge in [0, 0.05) is 41.3 Å². The maximum Gasteiger partial charge on any atom is 0.357 e. The summed E-state index contributed by atoms with van der Waals surface area (Å²) in [5, 5.41) is 9.60. The predicted octanol–water partition coefficient (Wildman–Crippen LogP) is 7.30. The zero-order valence-corrected chi connectivity index (χ0v) is 23.4. The SMILES string of the molecule is CC(C)N1CCC(OC(=O)c2c(-c3ccc(Cl)cc3Cl)cnn2Cc2cc(-c3ccc(Cl)s3)on2)CC1. The van der Waals surface area contributed by atoms with Crippen molar-refractivity contribution < 1.29 is 14.1 Å². The highest BCUT2D eigenvalue weighted by molar-refractivity contribution is 7.19. The minimum Gasteiger partial charge on any atom is -0.458 e. The first kappa shape index (κ1) is 26.3. The van der Waals surface area contributed by atoms with Crippen LogP contribution < -0.4 is 0 Å². The van der Waals surface area contributed by atoms with Gasteiger partial charge in [-0.1, -0.05) is 46.0 Å². The van der Waals surface area contributed by atoms with Gasteiger partial charge >= 0.3 is 5.97 Å². The maximum absolute atomic E-state index is 13.6. The lowest BCUT2D eigenvalue weighted by atomic mass is 10.0. The molecule has 5 rings (SSSR count). The third-order valence-electron chi connectivity index (χ3n) is 6.42. The summed E-state index contributed by atoms with van der Waals surface area (Å²) in [5.74, 6) is 0.149. The third kappa shape index (κ3) is 5.89. The van der Waals surface area contributed by atoms with Crippen molar-refractivity contribution in [3.63, 3.8) is 0 Å². The van der Waals surface area contributed by atoms with E-state index in [-0.39, 0.29) is 12.6 Å². The van der Waals surface area contributed by atoms with Crippen molar-refractivity contribution >= 4 is 52.1 Å². The summed E-state index contributed by atoms with van der Waals surface area (Å²) in [6.07, 6.45) is 3.02. The van der Waals surface area contributed by atoms with Crippen LogP contribution in [0.4, 0.5) is 0 Å². The number of carbonyl (C=O) groups is 1. The van der Waals surface area contributed by atoms with Gasteiger partial charge in [0.15, 0.2) is 11.5 Å². The molecule has 0 aliphatic carbocycles. The molecule has 1 aliphatic rings. The van der Waals surface area contributed by atoms with E-state index in [1.165, 1.54) is 11.3 Å². The largest absolute Gasteiger partial charge is 0.458 e. The minimum atomic E-state index is -0.449. The van der Waals surface area contributed by atoms with Crippen molar-refractivity contribution in [3.05, 3.63) is 68.4 Å². The Morgan fingerprint density at radius 1 is 1.14 bits per heavy atom. The quantitative estimate of drug-likeness (QED) is 0.214. The number of esters is 1. The molecule has 1 aliphatic heterocycles. The van der Waals surface area contributed by atoms with Crippen LogP contribution in [0.25, 0.3) is 21.8 Å². The lowest BCUT2D eigenvalue weighted by Gasteiger charge is -2.34. The molecule has 4 aromatic rings. The molecule has 194 valence electrons. The zero-order chi connectivity index (χ0) is 26.1. The van der Waals surface area contributed by atoms with Crippen molar-refractivity contribution in [2.24, 2.45) is 0 Å². The highest BCUT2D eigenvalue weighted by Gasteiger charge is 2.28. The van der Waals surface area contributed by atoms with Crippen LogP contribution in [0.15, 0.2) is 47.1 Å². The van der Waals surface area contributed by atoms with E-state index in [1.807, 2.05) is 12.1 Å². The van der Waals surface area contributed by atoms with Gasteiger partial charge in [-0.2, -0.15) is 5.10 Å². The van der Waals surface area contributed by atoms with Gasteiger partial charge in [-0.25, -0.2) is 4.79 Å². The van der Waals surface area contributed by atoms with Gasteiger partial charge in [-0.3, -0.25) is 4.68 Å². The van der Waals surface area contributed by atoms with E-state index >= 15 is 0 Å². The fourth-order valence-corrected chi connectivity index (χ4v) is 5.95. The lowest BCUT2D eigenvalue weighted by molar-refractivity contribution is 0.00683. The number of hydrogen-bond acceptors (Lipinski definition) is 7.